The van der Waals surface area contributed by atoms with Crippen LogP contribution in [0.3, 0.4) is 0 Å². The second kappa shape index (κ2) is 9.65. The van der Waals surface area contributed by atoms with Gasteiger partial charge in [0, 0.05) is 37.5 Å². The number of para-hydroxylation sites is 1. The molecule has 2 aromatic rings. The summed E-state index contributed by atoms with van der Waals surface area (Å²) in [5.41, 5.74) is 1.19. The number of aromatic nitrogens is 1. The zero-order chi connectivity index (χ0) is 19.7. The molecular weight excluding hydrogens is 361 g/mol. The number of rotatable bonds is 7. The molecular formula is C18H21F3N4O2. The van der Waals surface area contributed by atoms with Gasteiger partial charge in [-0.2, -0.15) is 0 Å². The monoisotopic (exact) mass is 382 g/mol. The van der Waals surface area contributed by atoms with Gasteiger partial charge in [0.05, 0.1) is 6.61 Å². The number of nitrogens with one attached hydrogen (secondary N) is 2. The van der Waals surface area contributed by atoms with Crippen LogP contribution in [0.4, 0.5) is 13.2 Å². The Hall–Kier alpha value is -2.97. The third-order valence-corrected chi connectivity index (χ3v) is 3.45. The standard InChI is InChI=1S/C18H21F3N4O2/c1-3-26-16-14(8-6-10-23-16)12-25-17(22-2)24-11-13-7-4-5-9-15(13)27-18(19,20)21/h4-10H,3,11-12H2,1-2H3,(H2,22,24,25). The maximum Gasteiger partial charge on any atom is 0.573 e. The molecule has 2 N–H and O–H groups in total. The van der Waals surface area contributed by atoms with E-state index in [2.05, 4.69) is 25.3 Å². The SMILES string of the molecule is CCOc1ncccc1CNC(=NC)NCc1ccccc1OC(F)(F)F. The third kappa shape index (κ3) is 6.69. The molecule has 6 nitrogen and oxygen atoms in total. The van der Waals surface area contributed by atoms with Gasteiger partial charge in [-0.1, -0.05) is 24.3 Å². The lowest BCUT2D eigenvalue weighted by molar-refractivity contribution is -0.274. The van der Waals surface area contributed by atoms with Crippen LogP contribution in [0.2, 0.25) is 0 Å². The van der Waals surface area contributed by atoms with Gasteiger partial charge < -0.3 is 20.1 Å². The van der Waals surface area contributed by atoms with Crippen LogP contribution in [0.5, 0.6) is 11.6 Å². The molecule has 146 valence electrons. The highest BCUT2D eigenvalue weighted by Crippen LogP contribution is 2.26. The van der Waals surface area contributed by atoms with E-state index in [-0.39, 0.29) is 12.3 Å². The fourth-order valence-corrected chi connectivity index (χ4v) is 2.28. The van der Waals surface area contributed by atoms with Gasteiger partial charge in [-0.15, -0.1) is 13.2 Å². The highest BCUT2D eigenvalue weighted by molar-refractivity contribution is 5.79. The summed E-state index contributed by atoms with van der Waals surface area (Å²) in [6, 6.07) is 9.60. The van der Waals surface area contributed by atoms with E-state index in [4.69, 9.17) is 4.74 Å². The molecule has 0 unspecified atom stereocenters. The first-order valence-electron chi connectivity index (χ1n) is 8.27. The molecule has 1 heterocycles. The molecule has 27 heavy (non-hydrogen) atoms. The lowest BCUT2D eigenvalue weighted by Crippen LogP contribution is -2.36. The molecule has 0 spiro atoms. The van der Waals surface area contributed by atoms with Crippen LogP contribution >= 0.6 is 0 Å². The summed E-state index contributed by atoms with van der Waals surface area (Å²) in [6.07, 6.45) is -3.11. The molecule has 2 rings (SSSR count). The summed E-state index contributed by atoms with van der Waals surface area (Å²) in [5.74, 6) is 0.689. The Balaban J connectivity index is 1.97. The Kier molecular flexibility index (Phi) is 7.27. The van der Waals surface area contributed by atoms with Crippen molar-refractivity contribution in [2.45, 2.75) is 26.4 Å². The number of alkyl halides is 3. The fourth-order valence-electron chi connectivity index (χ4n) is 2.28. The average molecular weight is 382 g/mol. The van der Waals surface area contributed by atoms with Gasteiger partial charge in [-0.05, 0) is 19.1 Å². The molecule has 0 bridgehead atoms. The third-order valence-electron chi connectivity index (χ3n) is 3.45. The van der Waals surface area contributed by atoms with E-state index in [1.807, 2.05) is 13.0 Å². The molecule has 0 amide bonds. The van der Waals surface area contributed by atoms with Crippen LogP contribution < -0.4 is 20.1 Å². The van der Waals surface area contributed by atoms with Crippen molar-refractivity contribution >= 4 is 5.96 Å². The van der Waals surface area contributed by atoms with Gasteiger partial charge >= 0.3 is 6.36 Å². The molecule has 0 saturated heterocycles. The fraction of sp³-hybridized carbons (Fsp3) is 0.333. The van der Waals surface area contributed by atoms with Crippen LogP contribution in [0, 0.1) is 0 Å². The normalized spacial score (nSPS) is 11.8. The van der Waals surface area contributed by atoms with Gasteiger partial charge in [0.2, 0.25) is 5.88 Å². The number of pyridine rings is 1. The van der Waals surface area contributed by atoms with Crippen LogP contribution in [-0.4, -0.2) is 31.0 Å². The maximum absolute atomic E-state index is 12.5. The van der Waals surface area contributed by atoms with Crippen molar-refractivity contribution in [3.63, 3.8) is 0 Å². The van der Waals surface area contributed by atoms with Gasteiger partial charge in [-0.25, -0.2) is 4.98 Å². The van der Waals surface area contributed by atoms with E-state index < -0.39 is 6.36 Å². The molecule has 9 heteroatoms. The Morgan fingerprint density at radius 3 is 2.41 bits per heavy atom. The molecule has 0 aliphatic rings. The number of hydrogen-bond donors (Lipinski definition) is 2. The molecule has 1 aromatic carbocycles. The summed E-state index contributed by atoms with van der Waals surface area (Å²) in [7, 11) is 1.57. The molecule has 0 saturated carbocycles. The van der Waals surface area contributed by atoms with E-state index in [0.29, 0.717) is 30.6 Å². The first-order valence-corrected chi connectivity index (χ1v) is 8.27. The number of nitrogens with zero attached hydrogens (tertiary/aromatic N) is 2. The van der Waals surface area contributed by atoms with E-state index >= 15 is 0 Å². The van der Waals surface area contributed by atoms with Crippen molar-refractivity contribution in [2.24, 2.45) is 4.99 Å². The highest BCUT2D eigenvalue weighted by atomic mass is 19.4. The molecule has 0 fully saturated rings. The maximum atomic E-state index is 12.5. The summed E-state index contributed by atoms with van der Waals surface area (Å²) >= 11 is 0. The van der Waals surface area contributed by atoms with E-state index in [1.165, 1.54) is 12.1 Å². The Labute approximate surface area is 155 Å². The molecule has 0 atom stereocenters. The topological polar surface area (TPSA) is 67.8 Å². The number of halogens is 3. The highest BCUT2D eigenvalue weighted by Gasteiger charge is 2.31. The van der Waals surface area contributed by atoms with E-state index in [1.54, 1.807) is 31.4 Å². The Morgan fingerprint density at radius 2 is 1.74 bits per heavy atom. The minimum Gasteiger partial charge on any atom is -0.478 e. The van der Waals surface area contributed by atoms with Crippen molar-refractivity contribution in [1.82, 2.24) is 15.6 Å². The Bertz CT molecular complexity index is 766. The quantitative estimate of drug-likeness (QED) is 0.568. The van der Waals surface area contributed by atoms with Crippen LogP contribution in [0.25, 0.3) is 0 Å². The van der Waals surface area contributed by atoms with Crippen LogP contribution in [0.1, 0.15) is 18.1 Å². The molecule has 1 aromatic heterocycles. The van der Waals surface area contributed by atoms with Crippen molar-refractivity contribution < 1.29 is 22.6 Å². The predicted molar refractivity (Wildman–Crippen MR) is 95.6 cm³/mol. The second-order valence-corrected chi connectivity index (χ2v) is 5.34. The summed E-state index contributed by atoms with van der Waals surface area (Å²) in [6.45, 7) is 2.86. The van der Waals surface area contributed by atoms with Crippen molar-refractivity contribution in [1.29, 1.82) is 0 Å². The minimum atomic E-state index is -4.74. The van der Waals surface area contributed by atoms with Crippen molar-refractivity contribution in [3.8, 4) is 11.6 Å². The second-order valence-electron chi connectivity index (χ2n) is 5.34. The van der Waals surface area contributed by atoms with Gasteiger partial charge in [0.15, 0.2) is 5.96 Å². The van der Waals surface area contributed by atoms with E-state index in [9.17, 15) is 13.2 Å². The summed E-state index contributed by atoms with van der Waals surface area (Å²) in [4.78, 5) is 8.23. The lowest BCUT2D eigenvalue weighted by Gasteiger charge is -2.16. The summed E-state index contributed by atoms with van der Waals surface area (Å²) in [5, 5.41) is 6.04. The number of aliphatic imine (C=N–C) groups is 1. The van der Waals surface area contributed by atoms with Gasteiger partial charge in [0.1, 0.15) is 5.75 Å². The van der Waals surface area contributed by atoms with Crippen LogP contribution in [0.15, 0.2) is 47.6 Å². The van der Waals surface area contributed by atoms with Gasteiger partial charge in [-0.3, -0.25) is 4.99 Å². The number of ether oxygens (including phenoxy) is 2. The predicted octanol–water partition coefficient (Wildman–Crippen LogP) is 3.24. The first-order chi connectivity index (χ1) is 12.9. The van der Waals surface area contributed by atoms with Crippen LogP contribution in [-0.2, 0) is 13.1 Å². The Morgan fingerprint density at radius 1 is 1.07 bits per heavy atom. The van der Waals surface area contributed by atoms with Gasteiger partial charge in [0.25, 0.3) is 0 Å². The zero-order valence-corrected chi connectivity index (χ0v) is 15.0. The average Bonchev–Trinajstić information content (AvgIpc) is 2.63. The molecule has 0 aliphatic carbocycles. The lowest BCUT2D eigenvalue weighted by atomic mass is 10.2. The smallest absolute Gasteiger partial charge is 0.478 e. The van der Waals surface area contributed by atoms with Crippen molar-refractivity contribution in [2.75, 3.05) is 13.7 Å². The summed E-state index contributed by atoms with van der Waals surface area (Å²) < 4.78 is 47.0. The minimum absolute atomic E-state index is 0.108. The van der Waals surface area contributed by atoms with Crippen molar-refractivity contribution in [3.05, 3.63) is 53.7 Å². The first kappa shape index (κ1) is 20.3. The molecule has 0 radical (unpaired) electrons. The zero-order valence-electron chi connectivity index (χ0n) is 15.0. The number of guanidine groups is 1. The number of benzene rings is 1. The molecule has 0 aliphatic heterocycles. The number of hydrogen-bond acceptors (Lipinski definition) is 4. The largest absolute Gasteiger partial charge is 0.573 e. The van der Waals surface area contributed by atoms with E-state index in [0.717, 1.165) is 5.56 Å².